The molecule has 4 rings (SSSR count). The molecule has 1 saturated heterocycles. The van der Waals surface area contributed by atoms with Crippen molar-refractivity contribution < 1.29 is 9.18 Å². The second kappa shape index (κ2) is 11.3. The first-order chi connectivity index (χ1) is 16.9. The molecule has 1 fully saturated rings. The fraction of sp³-hybridized carbons (Fsp3) is 0.370. The Kier molecular flexibility index (Phi) is 7.92. The molecule has 2 atom stereocenters. The van der Waals surface area contributed by atoms with Crippen LogP contribution in [0.4, 0.5) is 16.0 Å². The number of primary amides is 1. The molecule has 0 saturated carbocycles. The number of amides is 1. The molecule has 1 aliphatic heterocycles. The number of benzene rings is 1. The molecule has 184 valence electrons. The molecule has 1 amide bonds. The Morgan fingerprint density at radius 2 is 2.11 bits per heavy atom. The van der Waals surface area contributed by atoms with Crippen molar-refractivity contribution in [1.82, 2.24) is 14.9 Å². The van der Waals surface area contributed by atoms with Crippen molar-refractivity contribution in [3.63, 3.8) is 0 Å². The Morgan fingerprint density at radius 1 is 1.26 bits per heavy atom. The number of hydrogen-bond donors (Lipinski definition) is 2. The average Bonchev–Trinajstić information content (AvgIpc) is 3.28. The number of nitrogens with one attached hydrogen (secondary N) is 1. The van der Waals surface area contributed by atoms with Gasteiger partial charge in [-0.25, -0.2) is 9.37 Å². The summed E-state index contributed by atoms with van der Waals surface area (Å²) < 4.78 is 13.6. The largest absolute Gasteiger partial charge is 0.369 e. The molecule has 3 heterocycles. The highest BCUT2D eigenvalue weighted by atomic mass is 19.1. The zero-order chi connectivity index (χ0) is 24.8. The number of halogens is 1. The number of rotatable bonds is 10. The van der Waals surface area contributed by atoms with Crippen molar-refractivity contribution in [1.29, 1.82) is 0 Å². The highest BCUT2D eigenvalue weighted by Crippen LogP contribution is 2.32. The van der Waals surface area contributed by atoms with Crippen LogP contribution < -0.4 is 16.0 Å². The Morgan fingerprint density at radius 3 is 2.83 bits per heavy atom. The zero-order valence-electron chi connectivity index (χ0n) is 20.3. The van der Waals surface area contributed by atoms with E-state index in [9.17, 15) is 9.18 Å². The van der Waals surface area contributed by atoms with Gasteiger partial charge in [0.1, 0.15) is 17.5 Å². The number of aromatic nitrogens is 2. The Hall–Kier alpha value is -3.52. The molecule has 0 aliphatic carbocycles. The summed E-state index contributed by atoms with van der Waals surface area (Å²) in [7, 11) is 4.19. The number of pyridine rings is 2. The summed E-state index contributed by atoms with van der Waals surface area (Å²) in [5, 5.41) is 3.40. The van der Waals surface area contributed by atoms with Crippen molar-refractivity contribution in [2.24, 2.45) is 11.7 Å². The van der Waals surface area contributed by atoms with Gasteiger partial charge in [-0.3, -0.25) is 9.78 Å². The normalized spacial score (nSPS) is 16.5. The smallest absolute Gasteiger partial charge is 0.229 e. The van der Waals surface area contributed by atoms with Gasteiger partial charge in [-0.2, -0.15) is 0 Å². The van der Waals surface area contributed by atoms with Crippen LogP contribution in [0.3, 0.4) is 0 Å². The number of anilines is 2. The van der Waals surface area contributed by atoms with Crippen molar-refractivity contribution in [2.45, 2.75) is 18.8 Å². The van der Waals surface area contributed by atoms with Gasteiger partial charge in [0.25, 0.3) is 0 Å². The summed E-state index contributed by atoms with van der Waals surface area (Å²) in [6.45, 7) is 3.46. The van der Waals surface area contributed by atoms with Gasteiger partial charge < -0.3 is 20.9 Å². The number of hydrogen-bond acceptors (Lipinski definition) is 6. The SMILES string of the molecule is CN(C)C[C@H]1CCN(c2ccc(C(C(N)=O)c3cccnc3)c(NCCc3cccc(F)c3)n2)C1. The van der Waals surface area contributed by atoms with E-state index in [0.717, 1.165) is 43.0 Å². The first-order valence-electron chi connectivity index (χ1n) is 12.0. The summed E-state index contributed by atoms with van der Waals surface area (Å²) >= 11 is 0. The van der Waals surface area contributed by atoms with E-state index in [0.29, 0.717) is 30.3 Å². The third-order valence-electron chi connectivity index (χ3n) is 6.35. The third-order valence-corrected chi connectivity index (χ3v) is 6.35. The minimum absolute atomic E-state index is 0.255. The number of nitrogens with zero attached hydrogens (tertiary/aromatic N) is 4. The summed E-state index contributed by atoms with van der Waals surface area (Å²) in [6, 6.07) is 14.1. The summed E-state index contributed by atoms with van der Waals surface area (Å²) in [6.07, 6.45) is 5.06. The Labute approximate surface area is 206 Å². The van der Waals surface area contributed by atoms with Crippen molar-refractivity contribution >= 4 is 17.5 Å². The predicted molar refractivity (Wildman–Crippen MR) is 137 cm³/mol. The maximum absolute atomic E-state index is 13.6. The molecule has 3 N–H and O–H groups in total. The van der Waals surface area contributed by atoms with E-state index < -0.39 is 11.8 Å². The fourth-order valence-electron chi connectivity index (χ4n) is 4.78. The van der Waals surface area contributed by atoms with E-state index >= 15 is 0 Å². The minimum Gasteiger partial charge on any atom is -0.369 e. The topological polar surface area (TPSA) is 87.4 Å². The quantitative estimate of drug-likeness (QED) is 0.467. The van der Waals surface area contributed by atoms with E-state index in [1.54, 1.807) is 24.5 Å². The molecule has 35 heavy (non-hydrogen) atoms. The molecule has 1 aliphatic rings. The summed E-state index contributed by atoms with van der Waals surface area (Å²) in [5.74, 6) is 0.676. The average molecular weight is 477 g/mol. The predicted octanol–water partition coefficient (Wildman–Crippen LogP) is 3.28. The molecule has 1 aromatic carbocycles. The molecular formula is C27H33FN6O. The highest BCUT2D eigenvalue weighted by molar-refractivity contribution is 5.87. The number of nitrogens with two attached hydrogens (primary N) is 1. The summed E-state index contributed by atoms with van der Waals surface area (Å²) in [4.78, 5) is 26.2. The van der Waals surface area contributed by atoms with Crippen LogP contribution in [-0.4, -0.2) is 61.0 Å². The lowest BCUT2D eigenvalue weighted by Gasteiger charge is -2.23. The Balaban J connectivity index is 1.61. The van der Waals surface area contributed by atoms with Crippen LogP contribution in [0.5, 0.6) is 0 Å². The second-order valence-corrected chi connectivity index (χ2v) is 9.40. The minimum atomic E-state index is -0.679. The van der Waals surface area contributed by atoms with Crippen molar-refractivity contribution in [3.05, 3.63) is 83.4 Å². The van der Waals surface area contributed by atoms with Crippen LogP contribution in [0.15, 0.2) is 60.9 Å². The van der Waals surface area contributed by atoms with Gasteiger partial charge >= 0.3 is 0 Å². The van der Waals surface area contributed by atoms with Gasteiger partial charge in [-0.15, -0.1) is 0 Å². The van der Waals surface area contributed by atoms with Gasteiger partial charge in [-0.1, -0.05) is 24.3 Å². The molecule has 1 unspecified atom stereocenters. The maximum atomic E-state index is 13.6. The van der Waals surface area contributed by atoms with Gasteiger partial charge in [0, 0.05) is 44.1 Å². The van der Waals surface area contributed by atoms with Gasteiger partial charge in [-0.05, 0) is 68.2 Å². The fourth-order valence-corrected chi connectivity index (χ4v) is 4.78. The van der Waals surface area contributed by atoms with E-state index in [2.05, 4.69) is 34.2 Å². The molecule has 3 aromatic rings. The van der Waals surface area contributed by atoms with Crippen molar-refractivity contribution in [2.75, 3.05) is 50.5 Å². The molecule has 7 nitrogen and oxygen atoms in total. The molecule has 2 aromatic heterocycles. The lowest BCUT2D eigenvalue weighted by atomic mass is 9.92. The maximum Gasteiger partial charge on any atom is 0.229 e. The standard InChI is InChI=1S/C27H33FN6O/c1-33(2)17-20-11-14-34(18-20)24-9-8-23(25(26(29)35)21-6-4-12-30-16-21)27(32-24)31-13-10-19-5-3-7-22(28)15-19/h3-9,12,15-16,20,25H,10-11,13-14,17-18H2,1-2H3,(H2,29,35)(H,31,32)/t20-,25?/m1/s1. The second-order valence-electron chi connectivity index (χ2n) is 9.40. The first-order valence-corrected chi connectivity index (χ1v) is 12.0. The van der Waals surface area contributed by atoms with Crippen LogP contribution in [0.25, 0.3) is 0 Å². The third kappa shape index (κ3) is 6.33. The van der Waals surface area contributed by atoms with Crippen LogP contribution >= 0.6 is 0 Å². The monoisotopic (exact) mass is 476 g/mol. The lowest BCUT2D eigenvalue weighted by Crippen LogP contribution is -2.27. The summed E-state index contributed by atoms with van der Waals surface area (Å²) in [5.41, 5.74) is 8.16. The Bertz CT molecular complexity index is 1140. The lowest BCUT2D eigenvalue weighted by molar-refractivity contribution is -0.118. The van der Waals surface area contributed by atoms with Crippen LogP contribution in [0.2, 0.25) is 0 Å². The van der Waals surface area contributed by atoms with Crippen LogP contribution in [-0.2, 0) is 11.2 Å². The van der Waals surface area contributed by atoms with E-state index in [1.807, 2.05) is 24.3 Å². The first kappa shape index (κ1) is 24.6. The number of carbonyl (C=O) groups is 1. The highest BCUT2D eigenvalue weighted by Gasteiger charge is 2.27. The van der Waals surface area contributed by atoms with E-state index in [-0.39, 0.29) is 5.82 Å². The van der Waals surface area contributed by atoms with Crippen molar-refractivity contribution in [3.8, 4) is 0 Å². The molecule has 0 radical (unpaired) electrons. The van der Waals surface area contributed by atoms with E-state index in [1.165, 1.54) is 12.1 Å². The van der Waals surface area contributed by atoms with Gasteiger partial charge in [0.05, 0.1) is 5.92 Å². The molecule has 0 spiro atoms. The van der Waals surface area contributed by atoms with Crippen LogP contribution in [0, 0.1) is 11.7 Å². The van der Waals surface area contributed by atoms with Gasteiger partial charge in [0.15, 0.2) is 0 Å². The molecule has 0 bridgehead atoms. The van der Waals surface area contributed by atoms with E-state index in [4.69, 9.17) is 10.7 Å². The molecule has 8 heteroatoms. The van der Waals surface area contributed by atoms with Crippen LogP contribution in [0.1, 0.15) is 29.0 Å². The van der Waals surface area contributed by atoms with Gasteiger partial charge in [0.2, 0.25) is 5.91 Å². The number of carbonyl (C=O) groups excluding carboxylic acids is 1. The zero-order valence-corrected chi connectivity index (χ0v) is 20.3. The molecular weight excluding hydrogens is 443 g/mol.